The maximum Gasteiger partial charge on any atom is 0.0957 e. The Kier molecular flexibility index (Phi) is 4.80. The van der Waals surface area contributed by atoms with Crippen LogP contribution in [0.1, 0.15) is 22.5 Å². The second kappa shape index (κ2) is 5.95. The summed E-state index contributed by atoms with van der Waals surface area (Å²) >= 11 is 5.61. The molecule has 0 aromatic carbocycles. The molecule has 1 aliphatic heterocycles. The van der Waals surface area contributed by atoms with Crippen LogP contribution in [0.2, 0.25) is 0 Å². The number of thiazole rings is 1. The van der Waals surface area contributed by atoms with Gasteiger partial charge in [-0.2, -0.15) is 23.5 Å². The largest absolute Gasteiger partial charge is 0.391 e. The van der Waals surface area contributed by atoms with Gasteiger partial charge in [-0.25, -0.2) is 4.98 Å². The standard InChI is InChI=1S/C12H19NOS3/c1-7-8(2)17-11(13-7)6-10(14)12-9(3)15-4-5-16-12/h9-10,12,14H,4-6H2,1-3H3. The number of aliphatic hydroxyl groups excluding tert-OH is 1. The van der Waals surface area contributed by atoms with Crippen LogP contribution in [0, 0.1) is 13.8 Å². The molecule has 5 heteroatoms. The normalized spacial score (nSPS) is 27.1. The summed E-state index contributed by atoms with van der Waals surface area (Å²) < 4.78 is 0. The predicted octanol–water partition coefficient (Wildman–Crippen LogP) is 2.90. The molecule has 2 heterocycles. The molecule has 0 spiro atoms. The van der Waals surface area contributed by atoms with Crippen LogP contribution in [0.5, 0.6) is 0 Å². The molecule has 1 N–H and O–H groups in total. The van der Waals surface area contributed by atoms with Crippen molar-refractivity contribution in [1.29, 1.82) is 0 Å². The molecule has 17 heavy (non-hydrogen) atoms. The van der Waals surface area contributed by atoms with E-state index in [0.717, 1.165) is 16.5 Å². The lowest BCUT2D eigenvalue weighted by molar-refractivity contribution is 0.171. The topological polar surface area (TPSA) is 33.1 Å². The summed E-state index contributed by atoms with van der Waals surface area (Å²) in [5, 5.41) is 12.3. The first kappa shape index (κ1) is 13.7. The Morgan fingerprint density at radius 3 is 2.65 bits per heavy atom. The summed E-state index contributed by atoms with van der Waals surface area (Å²) in [7, 11) is 0. The molecule has 3 atom stereocenters. The summed E-state index contributed by atoms with van der Waals surface area (Å²) in [5.74, 6) is 2.37. The fourth-order valence-corrected chi connectivity index (χ4v) is 5.82. The van der Waals surface area contributed by atoms with Gasteiger partial charge >= 0.3 is 0 Å². The molecule has 1 aliphatic rings. The van der Waals surface area contributed by atoms with E-state index in [1.54, 1.807) is 11.3 Å². The SMILES string of the molecule is Cc1nc(CC(O)C2SCCSC2C)sc1C. The first-order chi connectivity index (χ1) is 8.08. The molecule has 0 bridgehead atoms. The minimum Gasteiger partial charge on any atom is -0.391 e. The highest BCUT2D eigenvalue weighted by Gasteiger charge is 2.29. The lowest BCUT2D eigenvalue weighted by atomic mass is 10.1. The van der Waals surface area contributed by atoms with Crippen molar-refractivity contribution in [3.05, 3.63) is 15.6 Å². The van der Waals surface area contributed by atoms with E-state index >= 15 is 0 Å². The lowest BCUT2D eigenvalue weighted by Gasteiger charge is -2.31. The van der Waals surface area contributed by atoms with Crippen LogP contribution in [0.25, 0.3) is 0 Å². The number of thioether (sulfide) groups is 2. The Bertz CT molecular complexity index is 360. The van der Waals surface area contributed by atoms with Crippen LogP contribution in [-0.2, 0) is 6.42 Å². The highest BCUT2D eigenvalue weighted by molar-refractivity contribution is 8.07. The number of hydrogen-bond donors (Lipinski definition) is 1. The first-order valence-electron chi connectivity index (χ1n) is 5.92. The molecule has 1 aromatic rings. The number of hydrogen-bond acceptors (Lipinski definition) is 5. The second-order valence-corrected chi connectivity index (χ2v) is 8.49. The van der Waals surface area contributed by atoms with Crippen LogP contribution in [0.15, 0.2) is 0 Å². The monoisotopic (exact) mass is 289 g/mol. The van der Waals surface area contributed by atoms with Gasteiger partial charge in [-0.05, 0) is 13.8 Å². The maximum atomic E-state index is 10.3. The van der Waals surface area contributed by atoms with Crippen LogP contribution >= 0.6 is 34.9 Å². The van der Waals surface area contributed by atoms with Gasteiger partial charge in [0.05, 0.1) is 16.8 Å². The summed E-state index contributed by atoms with van der Waals surface area (Å²) in [5.41, 5.74) is 1.11. The zero-order valence-electron chi connectivity index (χ0n) is 10.5. The Labute approximate surface area is 116 Å². The molecule has 0 aliphatic carbocycles. The van der Waals surface area contributed by atoms with Crippen molar-refractivity contribution >= 4 is 34.9 Å². The minimum absolute atomic E-state index is 0.257. The molecule has 1 aromatic heterocycles. The number of aromatic nitrogens is 1. The van der Waals surface area contributed by atoms with Crippen molar-refractivity contribution in [1.82, 2.24) is 4.98 Å². The van der Waals surface area contributed by atoms with Gasteiger partial charge in [0.1, 0.15) is 0 Å². The van der Waals surface area contributed by atoms with Gasteiger partial charge < -0.3 is 5.11 Å². The van der Waals surface area contributed by atoms with Gasteiger partial charge in [0.15, 0.2) is 0 Å². The van der Waals surface area contributed by atoms with Crippen molar-refractivity contribution in [2.45, 2.75) is 43.8 Å². The predicted molar refractivity (Wildman–Crippen MR) is 79.5 cm³/mol. The first-order valence-corrected chi connectivity index (χ1v) is 8.83. The molecular formula is C12H19NOS3. The molecule has 1 saturated heterocycles. The summed E-state index contributed by atoms with van der Waals surface area (Å²) in [6.45, 7) is 6.36. The van der Waals surface area contributed by atoms with Crippen molar-refractivity contribution in [3.63, 3.8) is 0 Å². The third kappa shape index (κ3) is 3.40. The molecule has 0 radical (unpaired) electrons. The summed E-state index contributed by atoms with van der Waals surface area (Å²) in [6.07, 6.45) is 0.454. The zero-order chi connectivity index (χ0) is 12.4. The van der Waals surface area contributed by atoms with E-state index in [9.17, 15) is 5.11 Å². The average Bonchev–Trinajstić information content (AvgIpc) is 2.58. The molecule has 1 fully saturated rings. The van der Waals surface area contributed by atoms with Gasteiger partial charge in [-0.3, -0.25) is 0 Å². The van der Waals surface area contributed by atoms with Gasteiger partial charge in [0.2, 0.25) is 0 Å². The van der Waals surface area contributed by atoms with Crippen molar-refractivity contribution in [2.24, 2.45) is 0 Å². The van der Waals surface area contributed by atoms with E-state index in [0.29, 0.717) is 16.9 Å². The fourth-order valence-electron chi connectivity index (χ4n) is 1.99. The number of rotatable bonds is 3. The third-order valence-electron chi connectivity index (χ3n) is 3.07. The maximum absolute atomic E-state index is 10.3. The Morgan fingerprint density at radius 2 is 2.06 bits per heavy atom. The molecule has 2 nitrogen and oxygen atoms in total. The lowest BCUT2D eigenvalue weighted by Crippen LogP contribution is -2.36. The minimum atomic E-state index is -0.257. The van der Waals surface area contributed by atoms with Crippen molar-refractivity contribution in [3.8, 4) is 0 Å². The Hall–Kier alpha value is 0.290. The molecule has 0 saturated carbocycles. The van der Waals surface area contributed by atoms with Crippen LogP contribution < -0.4 is 0 Å². The Morgan fingerprint density at radius 1 is 1.35 bits per heavy atom. The average molecular weight is 289 g/mol. The van der Waals surface area contributed by atoms with Crippen molar-refractivity contribution < 1.29 is 5.11 Å². The van der Waals surface area contributed by atoms with Crippen LogP contribution in [0.4, 0.5) is 0 Å². The number of nitrogens with zero attached hydrogens (tertiary/aromatic N) is 1. The molecule has 3 unspecified atom stereocenters. The van der Waals surface area contributed by atoms with Gasteiger partial charge in [0.25, 0.3) is 0 Å². The van der Waals surface area contributed by atoms with Gasteiger partial charge in [0, 0.05) is 33.3 Å². The van der Waals surface area contributed by atoms with Gasteiger partial charge in [-0.15, -0.1) is 11.3 Å². The molecule has 2 rings (SSSR count). The van der Waals surface area contributed by atoms with E-state index in [1.807, 2.05) is 30.4 Å². The van der Waals surface area contributed by atoms with Crippen molar-refractivity contribution in [2.75, 3.05) is 11.5 Å². The van der Waals surface area contributed by atoms with Crippen LogP contribution in [-0.4, -0.2) is 38.2 Å². The third-order valence-corrected chi connectivity index (χ3v) is 7.40. The molecule has 96 valence electrons. The van der Waals surface area contributed by atoms with E-state index < -0.39 is 0 Å². The number of aliphatic hydroxyl groups is 1. The summed E-state index contributed by atoms with van der Waals surface area (Å²) in [6, 6.07) is 0. The second-order valence-electron chi connectivity index (χ2n) is 4.43. The van der Waals surface area contributed by atoms with E-state index in [1.165, 1.54) is 10.6 Å². The quantitative estimate of drug-likeness (QED) is 0.927. The van der Waals surface area contributed by atoms with E-state index in [-0.39, 0.29) is 6.10 Å². The molecular weight excluding hydrogens is 270 g/mol. The fraction of sp³-hybridized carbons (Fsp3) is 0.750. The highest BCUT2D eigenvalue weighted by Crippen LogP contribution is 2.34. The Balaban J connectivity index is 1.98. The zero-order valence-corrected chi connectivity index (χ0v) is 12.9. The van der Waals surface area contributed by atoms with Gasteiger partial charge in [-0.1, -0.05) is 6.92 Å². The van der Waals surface area contributed by atoms with Crippen LogP contribution in [0.3, 0.4) is 0 Å². The van der Waals surface area contributed by atoms with E-state index in [4.69, 9.17) is 0 Å². The summed E-state index contributed by atoms with van der Waals surface area (Å²) in [4.78, 5) is 5.78. The smallest absolute Gasteiger partial charge is 0.0957 e. The molecule has 0 amide bonds. The highest BCUT2D eigenvalue weighted by atomic mass is 32.2. The van der Waals surface area contributed by atoms with E-state index in [2.05, 4.69) is 18.8 Å². The number of aryl methyl sites for hydroxylation is 2.